The van der Waals surface area contributed by atoms with Crippen molar-refractivity contribution in [2.45, 2.75) is 25.8 Å². The SMILES string of the molecule is CC(C)(NC(=O)c1ccc(C#CCCO)c(F)c1)C(N)=O. The Morgan fingerprint density at radius 2 is 2.10 bits per heavy atom. The number of benzene rings is 1. The van der Waals surface area contributed by atoms with Crippen molar-refractivity contribution in [3.8, 4) is 11.8 Å². The van der Waals surface area contributed by atoms with Gasteiger partial charge in [0.1, 0.15) is 11.4 Å². The van der Waals surface area contributed by atoms with Crippen LogP contribution >= 0.6 is 0 Å². The van der Waals surface area contributed by atoms with Gasteiger partial charge < -0.3 is 16.2 Å². The molecule has 21 heavy (non-hydrogen) atoms. The highest BCUT2D eigenvalue weighted by Crippen LogP contribution is 2.11. The van der Waals surface area contributed by atoms with Crippen molar-refractivity contribution in [2.75, 3.05) is 6.61 Å². The summed E-state index contributed by atoms with van der Waals surface area (Å²) in [4.78, 5) is 23.1. The topological polar surface area (TPSA) is 92.4 Å². The minimum absolute atomic E-state index is 0.0644. The van der Waals surface area contributed by atoms with Crippen LogP contribution in [0.4, 0.5) is 4.39 Å². The molecule has 0 spiro atoms. The van der Waals surface area contributed by atoms with E-state index in [0.29, 0.717) is 0 Å². The second kappa shape index (κ2) is 6.86. The zero-order valence-electron chi connectivity index (χ0n) is 11.9. The standard InChI is InChI=1S/C15H17FN2O3/c1-15(2,14(17)21)18-13(20)11-7-6-10(12(16)9-11)5-3-4-8-19/h6-7,9,19H,4,8H2,1-2H3,(H2,17,21)(H,18,20). The number of carbonyl (C=O) groups is 2. The first-order chi connectivity index (χ1) is 9.77. The third-order valence-corrected chi connectivity index (χ3v) is 2.73. The van der Waals surface area contributed by atoms with Gasteiger partial charge in [-0.05, 0) is 32.0 Å². The lowest BCUT2D eigenvalue weighted by Crippen LogP contribution is -2.53. The van der Waals surface area contributed by atoms with E-state index in [-0.39, 0.29) is 24.2 Å². The Labute approximate surface area is 122 Å². The number of amides is 2. The Morgan fingerprint density at radius 3 is 2.62 bits per heavy atom. The van der Waals surface area contributed by atoms with Crippen molar-refractivity contribution in [1.82, 2.24) is 5.32 Å². The normalized spacial score (nSPS) is 10.5. The highest BCUT2D eigenvalue weighted by molar-refractivity contribution is 5.98. The van der Waals surface area contributed by atoms with Gasteiger partial charge in [-0.25, -0.2) is 4.39 Å². The van der Waals surface area contributed by atoms with Crippen LogP contribution in [0, 0.1) is 17.7 Å². The summed E-state index contributed by atoms with van der Waals surface area (Å²) in [5.74, 6) is 3.20. The zero-order valence-corrected chi connectivity index (χ0v) is 11.9. The van der Waals surface area contributed by atoms with E-state index in [0.717, 1.165) is 6.07 Å². The first-order valence-corrected chi connectivity index (χ1v) is 6.29. The molecular weight excluding hydrogens is 275 g/mol. The first kappa shape index (κ1) is 16.7. The maximum atomic E-state index is 13.8. The lowest BCUT2D eigenvalue weighted by atomic mass is 10.0. The molecule has 0 heterocycles. The number of primary amides is 1. The Hall–Kier alpha value is -2.39. The summed E-state index contributed by atoms with van der Waals surface area (Å²) in [7, 11) is 0. The van der Waals surface area contributed by atoms with Gasteiger partial charge >= 0.3 is 0 Å². The highest BCUT2D eigenvalue weighted by atomic mass is 19.1. The van der Waals surface area contributed by atoms with Crippen LogP contribution in [0.25, 0.3) is 0 Å². The molecule has 0 atom stereocenters. The van der Waals surface area contributed by atoms with Crippen molar-refractivity contribution in [2.24, 2.45) is 5.73 Å². The number of aliphatic hydroxyl groups is 1. The second-order valence-electron chi connectivity index (χ2n) is 4.91. The van der Waals surface area contributed by atoms with E-state index >= 15 is 0 Å². The van der Waals surface area contributed by atoms with E-state index in [1.54, 1.807) is 0 Å². The number of rotatable bonds is 4. The van der Waals surface area contributed by atoms with Crippen LogP contribution in [0.15, 0.2) is 18.2 Å². The number of hydrogen-bond donors (Lipinski definition) is 3. The monoisotopic (exact) mass is 292 g/mol. The molecule has 1 rings (SSSR count). The fraction of sp³-hybridized carbons (Fsp3) is 0.333. The van der Waals surface area contributed by atoms with Gasteiger partial charge in [-0.3, -0.25) is 9.59 Å². The molecular formula is C15H17FN2O3. The fourth-order valence-corrected chi connectivity index (χ4v) is 1.39. The van der Waals surface area contributed by atoms with Gasteiger partial charge in [0.05, 0.1) is 12.2 Å². The minimum Gasteiger partial charge on any atom is -0.395 e. The van der Waals surface area contributed by atoms with Gasteiger partial charge in [-0.2, -0.15) is 0 Å². The number of halogens is 1. The molecule has 0 aliphatic carbocycles. The number of carbonyl (C=O) groups excluding carboxylic acids is 2. The molecule has 0 radical (unpaired) electrons. The summed E-state index contributed by atoms with van der Waals surface area (Å²) in [6.45, 7) is 2.81. The van der Waals surface area contributed by atoms with Gasteiger partial charge in [0.15, 0.2) is 0 Å². The van der Waals surface area contributed by atoms with Crippen molar-refractivity contribution in [3.05, 3.63) is 35.1 Å². The van der Waals surface area contributed by atoms with Crippen molar-refractivity contribution >= 4 is 11.8 Å². The molecule has 0 saturated carbocycles. The van der Waals surface area contributed by atoms with Crippen molar-refractivity contribution in [1.29, 1.82) is 0 Å². The number of hydrogen-bond acceptors (Lipinski definition) is 3. The Bertz CT molecular complexity index is 615. The van der Waals surface area contributed by atoms with Gasteiger partial charge in [0.25, 0.3) is 5.91 Å². The van der Waals surface area contributed by atoms with Gasteiger partial charge in [0, 0.05) is 12.0 Å². The van der Waals surface area contributed by atoms with Crippen LogP contribution in [0.2, 0.25) is 0 Å². The van der Waals surface area contributed by atoms with Crippen LogP contribution in [0.1, 0.15) is 36.2 Å². The predicted molar refractivity (Wildman–Crippen MR) is 75.7 cm³/mol. The summed E-state index contributed by atoms with van der Waals surface area (Å²) in [6.07, 6.45) is 0.245. The van der Waals surface area contributed by atoms with E-state index in [9.17, 15) is 14.0 Å². The van der Waals surface area contributed by atoms with Crippen LogP contribution in [0.5, 0.6) is 0 Å². The minimum atomic E-state index is -1.23. The molecule has 5 nitrogen and oxygen atoms in total. The van der Waals surface area contributed by atoms with Gasteiger partial charge in [-0.15, -0.1) is 0 Å². The number of aliphatic hydroxyl groups excluding tert-OH is 1. The predicted octanol–water partition coefficient (Wildman–Crippen LogP) is 0.553. The quantitative estimate of drug-likeness (QED) is 0.708. The van der Waals surface area contributed by atoms with Gasteiger partial charge in [0.2, 0.25) is 5.91 Å². The molecule has 0 fully saturated rings. The summed E-state index contributed by atoms with van der Waals surface area (Å²) >= 11 is 0. The zero-order chi connectivity index (χ0) is 16.0. The third kappa shape index (κ3) is 4.58. The molecule has 2 amide bonds. The van der Waals surface area contributed by atoms with Crippen molar-refractivity contribution < 1.29 is 19.1 Å². The van der Waals surface area contributed by atoms with Crippen LogP contribution in [-0.2, 0) is 4.79 Å². The van der Waals surface area contributed by atoms with Gasteiger partial charge in [-0.1, -0.05) is 11.8 Å². The Morgan fingerprint density at radius 1 is 1.43 bits per heavy atom. The maximum absolute atomic E-state index is 13.8. The molecule has 0 aliphatic heterocycles. The van der Waals surface area contributed by atoms with E-state index < -0.39 is 23.2 Å². The molecule has 4 N–H and O–H groups in total. The molecule has 0 unspecified atom stereocenters. The largest absolute Gasteiger partial charge is 0.395 e. The first-order valence-electron chi connectivity index (χ1n) is 6.29. The molecule has 0 aliphatic rings. The molecule has 0 bridgehead atoms. The summed E-state index contributed by atoms with van der Waals surface area (Å²) in [5.41, 5.74) is 4.12. The summed E-state index contributed by atoms with van der Waals surface area (Å²) in [6, 6.07) is 3.81. The fourth-order valence-electron chi connectivity index (χ4n) is 1.39. The average Bonchev–Trinajstić information content (AvgIpc) is 2.40. The van der Waals surface area contributed by atoms with E-state index in [1.165, 1.54) is 26.0 Å². The molecule has 112 valence electrons. The van der Waals surface area contributed by atoms with E-state index in [1.807, 2.05) is 0 Å². The molecule has 6 heteroatoms. The van der Waals surface area contributed by atoms with Crippen LogP contribution < -0.4 is 11.1 Å². The smallest absolute Gasteiger partial charge is 0.252 e. The maximum Gasteiger partial charge on any atom is 0.252 e. The molecule has 0 saturated heterocycles. The Balaban J connectivity index is 2.92. The lowest BCUT2D eigenvalue weighted by Gasteiger charge is -2.22. The second-order valence-corrected chi connectivity index (χ2v) is 4.91. The van der Waals surface area contributed by atoms with Crippen LogP contribution in [0.3, 0.4) is 0 Å². The molecule has 0 aromatic heterocycles. The molecule has 1 aromatic rings. The van der Waals surface area contributed by atoms with E-state index in [4.69, 9.17) is 10.8 Å². The van der Waals surface area contributed by atoms with E-state index in [2.05, 4.69) is 17.2 Å². The lowest BCUT2D eigenvalue weighted by molar-refractivity contribution is -0.122. The third-order valence-electron chi connectivity index (χ3n) is 2.73. The average molecular weight is 292 g/mol. The summed E-state index contributed by atoms with van der Waals surface area (Å²) in [5, 5.41) is 11.0. The Kier molecular flexibility index (Phi) is 5.44. The number of nitrogens with two attached hydrogens (primary N) is 1. The highest BCUT2D eigenvalue weighted by Gasteiger charge is 2.27. The summed E-state index contributed by atoms with van der Waals surface area (Å²) < 4.78 is 13.8. The van der Waals surface area contributed by atoms with Crippen LogP contribution in [-0.4, -0.2) is 29.1 Å². The molecule has 1 aromatic carbocycles. The number of nitrogens with one attached hydrogen (secondary N) is 1. The van der Waals surface area contributed by atoms with Crippen molar-refractivity contribution in [3.63, 3.8) is 0 Å².